The number of ketones is 1. The van der Waals surface area contributed by atoms with E-state index in [9.17, 15) is 33.6 Å². The van der Waals surface area contributed by atoms with Crippen molar-refractivity contribution in [2.24, 2.45) is 23.0 Å². The number of primary amides is 1. The van der Waals surface area contributed by atoms with Crippen LogP contribution in [0.3, 0.4) is 0 Å². The Hall–Kier alpha value is -4.83. The van der Waals surface area contributed by atoms with Crippen LogP contribution in [-0.2, 0) is 44.8 Å². The Morgan fingerprint density at radius 1 is 0.821 bits per heavy atom. The summed E-state index contributed by atoms with van der Waals surface area (Å²) in [6, 6.07) is 5.21. The Labute approximate surface area is 330 Å². The molecule has 7 amide bonds. The number of urea groups is 1. The largest absolute Gasteiger partial charge is 0.445 e. The number of amides is 7. The number of nitrogens with one attached hydrogen (secondary N) is 4. The SMILES string of the molecule is CC(C)[C@@H](NC(=O)CCCCCN1C(=O)C=CC1=O)C(=O)C[C@H](CCCNC(N)=O)C(=O)Nc1ccc(COC(=O)NCCOCCOCCC(C)(C)C)cc1. The molecule has 1 aromatic rings. The van der Waals surface area contributed by atoms with Crippen LogP contribution in [0.5, 0.6) is 0 Å². The Morgan fingerprint density at radius 2 is 1.48 bits per heavy atom. The molecule has 1 heterocycles. The van der Waals surface area contributed by atoms with E-state index in [1.54, 1.807) is 24.3 Å². The third-order valence-electron chi connectivity index (χ3n) is 8.84. The number of carbonyl (C=O) groups is 7. The summed E-state index contributed by atoms with van der Waals surface area (Å²) in [5.74, 6) is -2.71. The average molecular weight is 787 g/mol. The maximum atomic E-state index is 13.5. The lowest BCUT2D eigenvalue weighted by atomic mass is 9.89. The van der Waals surface area contributed by atoms with Gasteiger partial charge in [0.15, 0.2) is 5.78 Å². The molecule has 0 fully saturated rings. The van der Waals surface area contributed by atoms with E-state index < -0.39 is 30.0 Å². The van der Waals surface area contributed by atoms with Crippen molar-refractivity contribution in [2.45, 2.75) is 98.6 Å². The van der Waals surface area contributed by atoms with E-state index in [2.05, 4.69) is 42.0 Å². The number of rotatable bonds is 27. The van der Waals surface area contributed by atoms with Crippen LogP contribution in [0, 0.1) is 17.3 Å². The Bertz CT molecular complexity index is 1460. The molecule has 0 radical (unpaired) electrons. The molecule has 0 aliphatic carbocycles. The maximum Gasteiger partial charge on any atom is 0.407 e. The van der Waals surface area contributed by atoms with Gasteiger partial charge in [-0.25, -0.2) is 9.59 Å². The first-order valence-corrected chi connectivity index (χ1v) is 19.4. The minimum absolute atomic E-state index is 0.00711. The van der Waals surface area contributed by atoms with Crippen molar-refractivity contribution in [1.82, 2.24) is 20.9 Å². The van der Waals surface area contributed by atoms with Crippen molar-refractivity contribution in [3.05, 3.63) is 42.0 Å². The molecule has 6 N–H and O–H groups in total. The number of hydrogen-bond donors (Lipinski definition) is 5. The van der Waals surface area contributed by atoms with E-state index in [1.165, 1.54) is 12.2 Å². The molecule has 0 unspecified atom stereocenters. The van der Waals surface area contributed by atoms with E-state index >= 15 is 0 Å². The second kappa shape index (κ2) is 25.4. The normalized spacial score (nSPS) is 13.7. The molecular weight excluding hydrogens is 724 g/mol. The molecule has 56 heavy (non-hydrogen) atoms. The molecule has 0 aromatic heterocycles. The van der Waals surface area contributed by atoms with E-state index in [4.69, 9.17) is 19.9 Å². The molecule has 1 aliphatic heterocycles. The van der Waals surface area contributed by atoms with Crippen LogP contribution >= 0.6 is 0 Å². The van der Waals surface area contributed by atoms with Gasteiger partial charge in [-0.15, -0.1) is 0 Å². The number of hydrogen-bond acceptors (Lipinski definition) is 10. The standard InChI is InChI=1S/C40H62N6O10/c1-28(2)36(45-33(48)11-7-6-8-21-46-34(49)16-17-35(46)50)32(47)26-30(10-9-19-42-38(41)52)37(51)44-31-14-12-29(13-15-31)27-56-39(53)43-20-23-55-25-24-54-22-18-40(3,4)5/h12-17,28,30,36H,6-11,18-27H2,1-5H3,(H,43,53)(H,44,51)(H,45,48)(H3,41,42,52)/t30-,36+/m0/s1. The average Bonchev–Trinajstić information content (AvgIpc) is 3.45. The van der Waals surface area contributed by atoms with Gasteiger partial charge >= 0.3 is 12.1 Å². The summed E-state index contributed by atoms with van der Waals surface area (Å²) in [7, 11) is 0. The predicted octanol–water partition coefficient (Wildman–Crippen LogP) is 3.97. The molecule has 0 bridgehead atoms. The van der Waals surface area contributed by atoms with Crippen LogP contribution in [0.2, 0.25) is 0 Å². The number of unbranched alkanes of at least 4 members (excludes halogenated alkanes) is 2. The molecule has 0 spiro atoms. The smallest absolute Gasteiger partial charge is 0.407 e. The Kier molecular flexibility index (Phi) is 21.4. The van der Waals surface area contributed by atoms with Crippen LogP contribution < -0.4 is 27.0 Å². The van der Waals surface area contributed by atoms with Crippen molar-refractivity contribution in [3.8, 4) is 0 Å². The number of Topliss-reactive ketones (excluding diaryl/α,β-unsaturated/α-hetero) is 1. The van der Waals surface area contributed by atoms with Gasteiger partial charge in [-0.3, -0.25) is 28.9 Å². The Morgan fingerprint density at radius 3 is 2.11 bits per heavy atom. The summed E-state index contributed by atoms with van der Waals surface area (Å²) < 4.78 is 16.3. The van der Waals surface area contributed by atoms with E-state index in [0.29, 0.717) is 63.4 Å². The highest BCUT2D eigenvalue weighted by molar-refractivity contribution is 6.12. The molecular formula is C40H62N6O10. The lowest BCUT2D eigenvalue weighted by Gasteiger charge is -2.24. The summed E-state index contributed by atoms with van der Waals surface area (Å²) in [5.41, 5.74) is 6.56. The number of imide groups is 1. The zero-order valence-corrected chi connectivity index (χ0v) is 33.6. The zero-order chi connectivity index (χ0) is 41.5. The number of alkyl carbamates (subject to hydrolysis) is 1. The lowest BCUT2D eigenvalue weighted by molar-refractivity contribution is -0.137. The fourth-order valence-corrected chi connectivity index (χ4v) is 5.56. The summed E-state index contributed by atoms with van der Waals surface area (Å²) >= 11 is 0. The second-order valence-corrected chi connectivity index (χ2v) is 15.3. The van der Waals surface area contributed by atoms with Gasteiger partial charge in [-0.05, 0) is 61.1 Å². The van der Waals surface area contributed by atoms with E-state index in [1.807, 2.05) is 13.8 Å². The molecule has 16 nitrogen and oxygen atoms in total. The molecule has 0 saturated carbocycles. The second-order valence-electron chi connectivity index (χ2n) is 15.3. The van der Waals surface area contributed by atoms with Gasteiger partial charge in [0.1, 0.15) is 6.61 Å². The Balaban J connectivity index is 1.82. The molecule has 312 valence electrons. The van der Waals surface area contributed by atoms with Crippen LogP contribution in [0.15, 0.2) is 36.4 Å². The van der Waals surface area contributed by atoms with Gasteiger partial charge in [0.25, 0.3) is 11.8 Å². The number of ether oxygens (including phenoxy) is 3. The third-order valence-corrected chi connectivity index (χ3v) is 8.84. The number of nitrogens with zero attached hydrogens (tertiary/aromatic N) is 1. The number of carbonyl (C=O) groups excluding carboxylic acids is 7. The molecule has 2 atom stereocenters. The van der Waals surface area contributed by atoms with Crippen molar-refractivity contribution in [3.63, 3.8) is 0 Å². The molecule has 1 aliphatic rings. The number of nitrogens with two attached hydrogens (primary N) is 1. The van der Waals surface area contributed by atoms with Crippen molar-refractivity contribution in [1.29, 1.82) is 0 Å². The topological polar surface area (TPSA) is 225 Å². The quantitative estimate of drug-likeness (QED) is 0.0637. The first kappa shape index (κ1) is 47.3. The first-order valence-electron chi connectivity index (χ1n) is 19.4. The fraction of sp³-hybridized carbons (Fsp3) is 0.625. The summed E-state index contributed by atoms with van der Waals surface area (Å²) in [4.78, 5) is 87.6. The van der Waals surface area contributed by atoms with E-state index in [0.717, 1.165) is 11.3 Å². The monoisotopic (exact) mass is 786 g/mol. The fourth-order valence-electron chi connectivity index (χ4n) is 5.56. The summed E-state index contributed by atoms with van der Waals surface area (Å²) in [5, 5.41) is 10.8. The summed E-state index contributed by atoms with van der Waals surface area (Å²) in [6.07, 6.45) is 5.18. The maximum absolute atomic E-state index is 13.5. The highest BCUT2D eigenvalue weighted by Crippen LogP contribution is 2.20. The lowest BCUT2D eigenvalue weighted by Crippen LogP contribution is -2.45. The minimum atomic E-state index is -0.820. The van der Waals surface area contributed by atoms with Crippen LogP contribution in [0.1, 0.15) is 91.5 Å². The number of benzene rings is 1. The van der Waals surface area contributed by atoms with Gasteiger partial charge in [0.2, 0.25) is 11.8 Å². The van der Waals surface area contributed by atoms with Crippen LogP contribution in [-0.4, -0.2) is 98.5 Å². The van der Waals surface area contributed by atoms with Gasteiger partial charge in [0, 0.05) is 62.8 Å². The number of anilines is 1. The molecule has 0 saturated heterocycles. The van der Waals surface area contributed by atoms with Gasteiger partial charge in [-0.2, -0.15) is 0 Å². The van der Waals surface area contributed by atoms with Crippen LogP contribution in [0.25, 0.3) is 0 Å². The molecule has 2 rings (SSSR count). The predicted molar refractivity (Wildman–Crippen MR) is 210 cm³/mol. The van der Waals surface area contributed by atoms with Gasteiger partial charge in [0.05, 0.1) is 25.9 Å². The highest BCUT2D eigenvalue weighted by Gasteiger charge is 2.29. The zero-order valence-electron chi connectivity index (χ0n) is 33.6. The van der Waals surface area contributed by atoms with Crippen LogP contribution in [0.4, 0.5) is 15.3 Å². The van der Waals surface area contributed by atoms with Gasteiger partial charge < -0.3 is 41.2 Å². The van der Waals surface area contributed by atoms with E-state index in [-0.39, 0.29) is 80.3 Å². The molecule has 16 heteroatoms. The third kappa shape index (κ3) is 20.2. The van der Waals surface area contributed by atoms with Crippen molar-refractivity contribution >= 4 is 47.2 Å². The van der Waals surface area contributed by atoms with Crippen molar-refractivity contribution in [2.75, 3.05) is 51.4 Å². The van der Waals surface area contributed by atoms with Crippen molar-refractivity contribution < 1.29 is 47.8 Å². The highest BCUT2D eigenvalue weighted by atomic mass is 16.5. The first-order chi connectivity index (χ1) is 26.6. The summed E-state index contributed by atoms with van der Waals surface area (Å²) in [6.45, 7) is 12.8. The minimum Gasteiger partial charge on any atom is -0.445 e. The molecule has 1 aromatic carbocycles. The van der Waals surface area contributed by atoms with Gasteiger partial charge in [-0.1, -0.05) is 53.2 Å².